The molecule has 0 spiro atoms. The SMILES string of the molecule is CCNC(=NCc1ccnn1C)NCCc1ccn(-c2ccc(F)cc2)n1.I. The van der Waals surface area contributed by atoms with Crippen LogP contribution in [0.4, 0.5) is 4.39 Å². The van der Waals surface area contributed by atoms with E-state index in [4.69, 9.17) is 0 Å². The number of hydrogen-bond acceptors (Lipinski definition) is 3. The Morgan fingerprint density at radius 2 is 1.93 bits per heavy atom. The third-order valence-electron chi connectivity index (χ3n) is 4.07. The van der Waals surface area contributed by atoms with Crippen LogP contribution in [-0.2, 0) is 20.0 Å². The molecule has 7 nitrogen and oxygen atoms in total. The first kappa shape index (κ1) is 21.9. The van der Waals surface area contributed by atoms with Crippen molar-refractivity contribution in [2.24, 2.45) is 12.0 Å². The van der Waals surface area contributed by atoms with E-state index in [1.807, 2.05) is 37.0 Å². The van der Waals surface area contributed by atoms with Gasteiger partial charge in [-0.05, 0) is 43.3 Å². The molecule has 0 aliphatic carbocycles. The predicted octanol–water partition coefficient (Wildman–Crippen LogP) is 2.66. The van der Waals surface area contributed by atoms with Gasteiger partial charge in [-0.15, -0.1) is 24.0 Å². The lowest BCUT2D eigenvalue weighted by atomic mass is 10.3. The van der Waals surface area contributed by atoms with E-state index >= 15 is 0 Å². The number of halogens is 2. The van der Waals surface area contributed by atoms with Crippen molar-refractivity contribution < 1.29 is 4.39 Å². The van der Waals surface area contributed by atoms with E-state index in [2.05, 4.69) is 25.8 Å². The summed E-state index contributed by atoms with van der Waals surface area (Å²) in [5.41, 5.74) is 2.83. The molecule has 3 aromatic rings. The zero-order valence-electron chi connectivity index (χ0n) is 16.0. The zero-order chi connectivity index (χ0) is 19.1. The van der Waals surface area contributed by atoms with Crippen molar-refractivity contribution in [2.75, 3.05) is 13.1 Å². The Hall–Kier alpha value is -2.43. The molecule has 0 fully saturated rings. The van der Waals surface area contributed by atoms with Gasteiger partial charge >= 0.3 is 0 Å². The minimum atomic E-state index is -0.253. The summed E-state index contributed by atoms with van der Waals surface area (Å²) in [4.78, 5) is 4.58. The molecule has 2 N–H and O–H groups in total. The Labute approximate surface area is 181 Å². The van der Waals surface area contributed by atoms with E-state index in [9.17, 15) is 4.39 Å². The number of rotatable bonds is 7. The quantitative estimate of drug-likeness (QED) is 0.299. The molecular weight excluding hydrogens is 472 g/mol. The van der Waals surface area contributed by atoms with Crippen LogP contribution < -0.4 is 10.6 Å². The largest absolute Gasteiger partial charge is 0.357 e. The molecule has 2 heterocycles. The highest BCUT2D eigenvalue weighted by Gasteiger charge is 2.04. The number of hydrogen-bond donors (Lipinski definition) is 2. The summed E-state index contributed by atoms with van der Waals surface area (Å²) in [5.74, 6) is 0.508. The van der Waals surface area contributed by atoms with Gasteiger partial charge in [0.1, 0.15) is 5.82 Å². The van der Waals surface area contributed by atoms with Crippen LogP contribution in [0.3, 0.4) is 0 Å². The van der Waals surface area contributed by atoms with Gasteiger partial charge in [-0.3, -0.25) is 4.68 Å². The molecule has 0 bridgehead atoms. The Bertz CT molecular complexity index is 886. The first-order valence-electron chi connectivity index (χ1n) is 8.95. The van der Waals surface area contributed by atoms with Gasteiger partial charge in [0.05, 0.1) is 23.6 Å². The topological polar surface area (TPSA) is 72.1 Å². The number of aromatic nitrogens is 4. The fraction of sp³-hybridized carbons (Fsp3) is 0.316. The summed E-state index contributed by atoms with van der Waals surface area (Å²) >= 11 is 0. The molecule has 3 rings (SSSR count). The van der Waals surface area contributed by atoms with Gasteiger partial charge < -0.3 is 10.6 Å². The second-order valence-electron chi connectivity index (χ2n) is 6.05. The summed E-state index contributed by atoms with van der Waals surface area (Å²) in [6.07, 6.45) is 4.40. The highest BCUT2D eigenvalue weighted by molar-refractivity contribution is 14.0. The molecule has 2 aromatic heterocycles. The third kappa shape index (κ3) is 6.04. The molecule has 9 heteroatoms. The number of aryl methyl sites for hydroxylation is 1. The van der Waals surface area contributed by atoms with Crippen LogP contribution in [0, 0.1) is 5.82 Å². The second-order valence-corrected chi connectivity index (χ2v) is 6.05. The lowest BCUT2D eigenvalue weighted by molar-refractivity contribution is 0.627. The predicted molar refractivity (Wildman–Crippen MR) is 119 cm³/mol. The molecule has 0 atom stereocenters. The van der Waals surface area contributed by atoms with Gasteiger partial charge in [0.25, 0.3) is 0 Å². The van der Waals surface area contributed by atoms with Crippen LogP contribution in [0.2, 0.25) is 0 Å². The molecule has 0 aliphatic heterocycles. The number of guanidine groups is 1. The van der Waals surface area contributed by atoms with E-state index in [-0.39, 0.29) is 29.8 Å². The molecule has 150 valence electrons. The molecule has 0 unspecified atom stereocenters. The standard InChI is InChI=1S/C19H24FN7.HI/c1-3-21-19(23-14-18-9-12-24-26(18)2)22-11-8-16-10-13-27(25-16)17-6-4-15(20)5-7-17;/h4-7,9-10,12-13H,3,8,11,14H2,1-2H3,(H2,21,22,23);1H. The van der Waals surface area contributed by atoms with Crippen LogP contribution in [-0.4, -0.2) is 38.6 Å². The lowest BCUT2D eigenvalue weighted by Crippen LogP contribution is -2.38. The van der Waals surface area contributed by atoms with E-state index in [1.165, 1.54) is 12.1 Å². The van der Waals surface area contributed by atoms with Crippen LogP contribution in [0.5, 0.6) is 0 Å². The fourth-order valence-electron chi connectivity index (χ4n) is 2.60. The molecule has 0 amide bonds. The second kappa shape index (κ2) is 10.8. The Kier molecular flexibility index (Phi) is 8.42. The van der Waals surface area contributed by atoms with Gasteiger partial charge in [0.15, 0.2) is 5.96 Å². The highest BCUT2D eigenvalue weighted by atomic mass is 127. The average Bonchev–Trinajstić information content (AvgIpc) is 3.29. The maximum absolute atomic E-state index is 13.0. The third-order valence-corrected chi connectivity index (χ3v) is 4.07. The van der Waals surface area contributed by atoms with Gasteiger partial charge in [-0.1, -0.05) is 0 Å². The van der Waals surface area contributed by atoms with Crippen LogP contribution in [0.25, 0.3) is 5.69 Å². The first-order valence-corrected chi connectivity index (χ1v) is 8.95. The molecule has 0 saturated heterocycles. The van der Waals surface area contributed by atoms with Crippen molar-refractivity contribution in [3.63, 3.8) is 0 Å². The van der Waals surface area contributed by atoms with Crippen molar-refractivity contribution in [1.82, 2.24) is 30.2 Å². The van der Waals surface area contributed by atoms with Crippen molar-refractivity contribution >= 4 is 29.9 Å². The normalized spacial score (nSPS) is 11.2. The van der Waals surface area contributed by atoms with Crippen LogP contribution in [0.15, 0.2) is 53.8 Å². The molecular formula is C19H25FIN7. The summed E-state index contributed by atoms with van der Waals surface area (Å²) in [6, 6.07) is 10.2. The summed E-state index contributed by atoms with van der Waals surface area (Å²) in [6.45, 7) is 4.09. The van der Waals surface area contributed by atoms with E-state index in [1.54, 1.807) is 23.0 Å². The molecule has 0 radical (unpaired) electrons. The molecule has 28 heavy (non-hydrogen) atoms. The molecule has 1 aromatic carbocycles. The summed E-state index contributed by atoms with van der Waals surface area (Å²) < 4.78 is 16.6. The van der Waals surface area contributed by atoms with Crippen LogP contribution in [0.1, 0.15) is 18.3 Å². The number of benzene rings is 1. The Morgan fingerprint density at radius 3 is 2.61 bits per heavy atom. The van der Waals surface area contributed by atoms with Crippen molar-refractivity contribution in [3.05, 3.63) is 66.0 Å². The highest BCUT2D eigenvalue weighted by Crippen LogP contribution is 2.09. The van der Waals surface area contributed by atoms with Gasteiger partial charge in [-0.25, -0.2) is 14.1 Å². The minimum absolute atomic E-state index is 0. The monoisotopic (exact) mass is 497 g/mol. The number of aliphatic imine (C=N–C) groups is 1. The maximum Gasteiger partial charge on any atom is 0.191 e. The van der Waals surface area contributed by atoms with Gasteiger partial charge in [0.2, 0.25) is 0 Å². The van der Waals surface area contributed by atoms with Crippen LogP contribution >= 0.6 is 24.0 Å². The Balaban J connectivity index is 0.00000280. The lowest BCUT2D eigenvalue weighted by Gasteiger charge is -2.10. The van der Waals surface area contributed by atoms with Gasteiger partial charge in [0, 0.05) is 39.0 Å². The maximum atomic E-state index is 13.0. The van der Waals surface area contributed by atoms with E-state index < -0.39 is 0 Å². The van der Waals surface area contributed by atoms with E-state index in [0.717, 1.165) is 36.0 Å². The minimum Gasteiger partial charge on any atom is -0.357 e. The smallest absolute Gasteiger partial charge is 0.191 e. The number of nitrogens with one attached hydrogen (secondary N) is 2. The zero-order valence-corrected chi connectivity index (χ0v) is 18.3. The Morgan fingerprint density at radius 1 is 1.14 bits per heavy atom. The van der Waals surface area contributed by atoms with Gasteiger partial charge in [-0.2, -0.15) is 10.2 Å². The summed E-state index contributed by atoms with van der Waals surface area (Å²) in [7, 11) is 1.91. The first-order chi connectivity index (χ1) is 13.2. The summed E-state index contributed by atoms with van der Waals surface area (Å²) in [5, 5.41) is 15.2. The van der Waals surface area contributed by atoms with Crippen molar-refractivity contribution in [1.29, 1.82) is 0 Å². The average molecular weight is 497 g/mol. The van der Waals surface area contributed by atoms with Crippen molar-refractivity contribution in [2.45, 2.75) is 19.9 Å². The fourth-order valence-corrected chi connectivity index (χ4v) is 2.60. The molecule has 0 saturated carbocycles. The van der Waals surface area contributed by atoms with Crippen molar-refractivity contribution in [3.8, 4) is 5.69 Å². The number of nitrogens with zero attached hydrogens (tertiary/aromatic N) is 5. The van der Waals surface area contributed by atoms with E-state index in [0.29, 0.717) is 13.1 Å². The molecule has 0 aliphatic rings.